The second-order valence-electron chi connectivity index (χ2n) is 4.13. The molecule has 3 heteroatoms. The monoisotopic (exact) mass is 224 g/mol. The van der Waals surface area contributed by atoms with Crippen molar-refractivity contribution in [1.29, 1.82) is 0 Å². The SMILES string of the molecule is OCC1CCCC=C1c1cc(F)cc(F)c1. The molecule has 1 atom stereocenters. The van der Waals surface area contributed by atoms with Crippen LogP contribution in [-0.4, -0.2) is 11.7 Å². The Balaban J connectivity index is 2.38. The van der Waals surface area contributed by atoms with Crippen molar-refractivity contribution in [2.24, 2.45) is 5.92 Å². The van der Waals surface area contributed by atoms with Gasteiger partial charge in [0.15, 0.2) is 0 Å². The van der Waals surface area contributed by atoms with Crippen LogP contribution in [0.5, 0.6) is 0 Å². The normalized spacial score (nSPS) is 20.7. The molecule has 0 spiro atoms. The molecule has 0 aromatic heterocycles. The lowest BCUT2D eigenvalue weighted by molar-refractivity contribution is 0.246. The Hall–Kier alpha value is -1.22. The minimum absolute atomic E-state index is 0.00921. The highest BCUT2D eigenvalue weighted by atomic mass is 19.1. The summed E-state index contributed by atoms with van der Waals surface area (Å²) >= 11 is 0. The van der Waals surface area contributed by atoms with Gasteiger partial charge in [-0.25, -0.2) is 8.78 Å². The van der Waals surface area contributed by atoms with Gasteiger partial charge in [0, 0.05) is 18.6 Å². The third-order valence-corrected chi connectivity index (χ3v) is 2.98. The zero-order chi connectivity index (χ0) is 11.5. The minimum atomic E-state index is -0.571. The van der Waals surface area contributed by atoms with Crippen LogP contribution in [0.25, 0.3) is 5.57 Å². The van der Waals surface area contributed by atoms with Gasteiger partial charge in [-0.1, -0.05) is 6.08 Å². The summed E-state index contributed by atoms with van der Waals surface area (Å²) < 4.78 is 26.2. The largest absolute Gasteiger partial charge is 0.396 e. The fourth-order valence-electron chi connectivity index (χ4n) is 2.21. The molecule has 0 fully saturated rings. The van der Waals surface area contributed by atoms with Gasteiger partial charge >= 0.3 is 0 Å². The second-order valence-corrected chi connectivity index (χ2v) is 4.13. The summed E-state index contributed by atoms with van der Waals surface area (Å²) in [5, 5.41) is 9.23. The quantitative estimate of drug-likeness (QED) is 0.818. The Morgan fingerprint density at radius 1 is 1.19 bits per heavy atom. The molecule has 1 aliphatic carbocycles. The van der Waals surface area contributed by atoms with Gasteiger partial charge < -0.3 is 5.11 Å². The first kappa shape index (κ1) is 11.3. The Labute approximate surface area is 93.4 Å². The van der Waals surface area contributed by atoms with Crippen LogP contribution in [-0.2, 0) is 0 Å². The van der Waals surface area contributed by atoms with Crippen molar-refractivity contribution in [3.63, 3.8) is 0 Å². The van der Waals surface area contributed by atoms with Crippen LogP contribution in [0.4, 0.5) is 8.78 Å². The predicted octanol–water partition coefficient (Wildman–Crippen LogP) is 3.14. The molecule has 0 amide bonds. The molecule has 0 saturated carbocycles. The zero-order valence-corrected chi connectivity index (χ0v) is 8.92. The molecule has 1 unspecified atom stereocenters. The molecule has 1 aromatic rings. The molecule has 0 bridgehead atoms. The average Bonchev–Trinajstić information content (AvgIpc) is 2.27. The number of hydrogen-bond acceptors (Lipinski definition) is 1. The summed E-state index contributed by atoms with van der Waals surface area (Å²) in [7, 11) is 0. The van der Waals surface area contributed by atoms with Gasteiger partial charge in [-0.2, -0.15) is 0 Å². The van der Waals surface area contributed by atoms with Gasteiger partial charge in [0.25, 0.3) is 0 Å². The molecule has 86 valence electrons. The summed E-state index contributed by atoms with van der Waals surface area (Å²) in [6, 6.07) is 3.51. The van der Waals surface area contributed by atoms with Crippen LogP contribution in [0.15, 0.2) is 24.3 Å². The first-order chi connectivity index (χ1) is 7.70. The number of halogens is 2. The van der Waals surface area contributed by atoms with E-state index in [0.29, 0.717) is 5.56 Å². The molecule has 0 radical (unpaired) electrons. The molecule has 1 aliphatic rings. The minimum Gasteiger partial charge on any atom is -0.396 e. The first-order valence-corrected chi connectivity index (χ1v) is 5.48. The number of allylic oxidation sites excluding steroid dienone is 1. The van der Waals surface area contributed by atoms with Gasteiger partial charge in [-0.3, -0.25) is 0 Å². The van der Waals surface area contributed by atoms with Gasteiger partial charge in [0.2, 0.25) is 0 Å². The highest BCUT2D eigenvalue weighted by molar-refractivity contribution is 5.68. The number of benzene rings is 1. The van der Waals surface area contributed by atoms with Crippen LogP contribution in [0.2, 0.25) is 0 Å². The fraction of sp³-hybridized carbons (Fsp3) is 0.385. The van der Waals surface area contributed by atoms with Crippen molar-refractivity contribution in [2.45, 2.75) is 19.3 Å². The Kier molecular flexibility index (Phi) is 3.34. The lowest BCUT2D eigenvalue weighted by atomic mass is 9.84. The van der Waals surface area contributed by atoms with E-state index in [4.69, 9.17) is 0 Å². The highest BCUT2D eigenvalue weighted by Crippen LogP contribution is 2.32. The fourth-order valence-corrected chi connectivity index (χ4v) is 2.21. The molecule has 2 rings (SSSR count). The molecular weight excluding hydrogens is 210 g/mol. The summed E-state index contributed by atoms with van der Waals surface area (Å²) in [5.41, 5.74) is 1.42. The standard InChI is InChI=1S/C13H14F2O/c14-11-5-10(6-12(15)7-11)13-4-2-1-3-9(13)8-16/h4-7,9,16H,1-3,8H2. The van der Waals surface area contributed by atoms with Crippen molar-refractivity contribution in [3.8, 4) is 0 Å². The van der Waals surface area contributed by atoms with Gasteiger partial charge in [-0.15, -0.1) is 0 Å². The molecule has 16 heavy (non-hydrogen) atoms. The number of rotatable bonds is 2. The lowest BCUT2D eigenvalue weighted by Gasteiger charge is -2.22. The average molecular weight is 224 g/mol. The van der Waals surface area contributed by atoms with Crippen LogP contribution in [0.1, 0.15) is 24.8 Å². The molecule has 0 aliphatic heterocycles. The van der Waals surface area contributed by atoms with Crippen LogP contribution in [0, 0.1) is 17.6 Å². The Morgan fingerprint density at radius 3 is 2.50 bits per heavy atom. The highest BCUT2D eigenvalue weighted by Gasteiger charge is 2.19. The predicted molar refractivity (Wildman–Crippen MR) is 58.8 cm³/mol. The van der Waals surface area contributed by atoms with Crippen LogP contribution in [0.3, 0.4) is 0 Å². The number of hydrogen-bond donors (Lipinski definition) is 1. The van der Waals surface area contributed by atoms with E-state index in [2.05, 4.69) is 0 Å². The molecule has 0 saturated heterocycles. The van der Waals surface area contributed by atoms with E-state index >= 15 is 0 Å². The maximum atomic E-state index is 13.1. The van der Waals surface area contributed by atoms with E-state index in [1.165, 1.54) is 12.1 Å². The summed E-state index contributed by atoms with van der Waals surface area (Å²) in [5.74, 6) is -1.13. The molecule has 1 N–H and O–H groups in total. The van der Waals surface area contributed by atoms with Gasteiger partial charge in [-0.05, 0) is 42.5 Å². The van der Waals surface area contributed by atoms with Crippen LogP contribution < -0.4 is 0 Å². The van der Waals surface area contributed by atoms with E-state index in [1.54, 1.807) is 0 Å². The van der Waals surface area contributed by atoms with Crippen LogP contribution >= 0.6 is 0 Å². The number of aliphatic hydroxyl groups is 1. The summed E-state index contributed by atoms with van der Waals surface area (Å²) in [4.78, 5) is 0. The zero-order valence-electron chi connectivity index (χ0n) is 8.92. The molecule has 1 nitrogen and oxygen atoms in total. The van der Waals surface area contributed by atoms with Crippen molar-refractivity contribution >= 4 is 5.57 Å². The maximum Gasteiger partial charge on any atom is 0.126 e. The van der Waals surface area contributed by atoms with Crippen molar-refractivity contribution in [2.75, 3.05) is 6.61 Å². The van der Waals surface area contributed by atoms with Gasteiger partial charge in [0.1, 0.15) is 11.6 Å². The van der Waals surface area contributed by atoms with Crippen molar-refractivity contribution in [1.82, 2.24) is 0 Å². The maximum absolute atomic E-state index is 13.1. The van der Waals surface area contributed by atoms with Crippen molar-refractivity contribution in [3.05, 3.63) is 41.5 Å². The third kappa shape index (κ3) is 2.30. The summed E-state index contributed by atoms with van der Waals surface area (Å²) in [6.45, 7) is 0.0317. The first-order valence-electron chi connectivity index (χ1n) is 5.48. The Morgan fingerprint density at radius 2 is 1.88 bits per heavy atom. The molecular formula is C13H14F2O. The molecule has 0 heterocycles. The van der Waals surface area contributed by atoms with E-state index in [9.17, 15) is 13.9 Å². The topological polar surface area (TPSA) is 20.2 Å². The third-order valence-electron chi connectivity index (χ3n) is 2.98. The van der Waals surface area contributed by atoms with E-state index in [0.717, 1.165) is 30.9 Å². The smallest absolute Gasteiger partial charge is 0.126 e. The van der Waals surface area contributed by atoms with E-state index < -0.39 is 11.6 Å². The van der Waals surface area contributed by atoms with Crippen molar-refractivity contribution < 1.29 is 13.9 Å². The van der Waals surface area contributed by atoms with Gasteiger partial charge in [0.05, 0.1) is 0 Å². The molecule has 1 aromatic carbocycles. The van der Waals surface area contributed by atoms with E-state index in [-0.39, 0.29) is 12.5 Å². The second kappa shape index (κ2) is 4.74. The lowest BCUT2D eigenvalue weighted by Crippen LogP contribution is -2.12. The van der Waals surface area contributed by atoms with E-state index in [1.807, 2.05) is 6.08 Å². The Bertz CT molecular complexity index is 392. The number of aliphatic hydroxyl groups excluding tert-OH is 1. The summed E-state index contributed by atoms with van der Waals surface area (Å²) in [6.07, 6.45) is 4.77.